The molecule has 0 radical (unpaired) electrons. The summed E-state index contributed by atoms with van der Waals surface area (Å²) in [5.41, 5.74) is 0.205. The van der Waals surface area contributed by atoms with E-state index in [4.69, 9.17) is 16.7 Å². The Morgan fingerprint density at radius 1 is 1.39 bits per heavy atom. The summed E-state index contributed by atoms with van der Waals surface area (Å²) in [4.78, 5) is 36.9. The smallest absolute Gasteiger partial charge is 0.407 e. The fourth-order valence-electron chi connectivity index (χ4n) is 2.67. The lowest BCUT2D eigenvalue weighted by Gasteiger charge is -2.38. The average molecular weight is 342 g/mol. The summed E-state index contributed by atoms with van der Waals surface area (Å²) in [6, 6.07) is 2.26. The molecule has 1 aromatic carbocycles. The molecule has 1 unspecified atom stereocenters. The maximum Gasteiger partial charge on any atom is 0.407 e. The molecular weight excluding hydrogens is 326 g/mol. The van der Waals surface area contributed by atoms with E-state index >= 15 is 0 Å². The Balaban J connectivity index is 2.28. The van der Waals surface area contributed by atoms with Crippen molar-refractivity contribution in [2.75, 3.05) is 19.6 Å². The van der Waals surface area contributed by atoms with Crippen molar-refractivity contribution in [2.45, 2.75) is 19.9 Å². The molecule has 1 aliphatic rings. The molecule has 8 nitrogen and oxygen atoms in total. The Morgan fingerprint density at radius 2 is 2.04 bits per heavy atom. The largest absolute Gasteiger partial charge is 0.465 e. The predicted molar refractivity (Wildman–Crippen MR) is 82.9 cm³/mol. The summed E-state index contributed by atoms with van der Waals surface area (Å²) in [6.45, 7) is 3.86. The Hall–Kier alpha value is -2.35. The number of piperazine rings is 1. The summed E-state index contributed by atoms with van der Waals surface area (Å²) in [6.07, 6.45) is -1.03. The van der Waals surface area contributed by atoms with Crippen LogP contribution in [-0.4, -0.2) is 57.5 Å². The van der Waals surface area contributed by atoms with Gasteiger partial charge < -0.3 is 14.9 Å². The topological polar surface area (TPSA) is 104 Å². The fraction of sp³-hybridized carbons (Fsp3) is 0.429. The van der Waals surface area contributed by atoms with Gasteiger partial charge in [-0.15, -0.1) is 0 Å². The highest BCUT2D eigenvalue weighted by Gasteiger charge is 2.31. The van der Waals surface area contributed by atoms with Crippen molar-refractivity contribution in [3.63, 3.8) is 0 Å². The van der Waals surface area contributed by atoms with Crippen molar-refractivity contribution in [2.24, 2.45) is 0 Å². The molecule has 0 bridgehead atoms. The standard InChI is InChI=1S/C14H16ClN3O5/c1-8-7-16(3-4-17(8)14(20)21)13(19)11-5-10(15)6-12(9(11)2)18(22)23/h5-6,8H,3-4,7H2,1-2H3,(H,20,21). The summed E-state index contributed by atoms with van der Waals surface area (Å²) >= 11 is 5.88. The number of carbonyl (C=O) groups is 2. The molecule has 1 heterocycles. The number of carbonyl (C=O) groups excluding carboxylic acids is 1. The van der Waals surface area contributed by atoms with Crippen LogP contribution in [0.15, 0.2) is 12.1 Å². The van der Waals surface area contributed by atoms with Crippen LogP contribution in [0.2, 0.25) is 5.02 Å². The number of rotatable bonds is 2. The van der Waals surface area contributed by atoms with Crippen LogP contribution in [0, 0.1) is 17.0 Å². The SMILES string of the molecule is Cc1c(C(=O)N2CCN(C(=O)O)C(C)C2)cc(Cl)cc1[N+](=O)[O-]. The monoisotopic (exact) mass is 341 g/mol. The molecule has 124 valence electrons. The molecule has 1 atom stereocenters. The van der Waals surface area contributed by atoms with Gasteiger partial charge in [0.15, 0.2) is 0 Å². The second-order valence-corrected chi connectivity index (χ2v) is 5.87. The average Bonchev–Trinajstić information content (AvgIpc) is 2.47. The molecule has 0 aliphatic carbocycles. The molecule has 9 heteroatoms. The maximum absolute atomic E-state index is 12.6. The van der Waals surface area contributed by atoms with Gasteiger partial charge >= 0.3 is 6.09 Å². The van der Waals surface area contributed by atoms with Crippen LogP contribution < -0.4 is 0 Å². The van der Waals surface area contributed by atoms with Crippen LogP contribution in [0.4, 0.5) is 10.5 Å². The van der Waals surface area contributed by atoms with Gasteiger partial charge in [0.05, 0.1) is 10.5 Å². The first kappa shape index (κ1) is 17.0. The number of nitrogens with zero attached hydrogens (tertiary/aromatic N) is 3. The van der Waals surface area contributed by atoms with Crippen LogP contribution in [0.1, 0.15) is 22.8 Å². The van der Waals surface area contributed by atoms with E-state index in [2.05, 4.69) is 0 Å². The van der Waals surface area contributed by atoms with E-state index in [1.165, 1.54) is 28.9 Å². The highest BCUT2D eigenvalue weighted by molar-refractivity contribution is 6.31. The van der Waals surface area contributed by atoms with Crippen LogP contribution >= 0.6 is 11.6 Å². The molecule has 2 amide bonds. The zero-order valence-corrected chi connectivity index (χ0v) is 13.4. The van der Waals surface area contributed by atoms with Gasteiger partial charge in [-0.05, 0) is 19.9 Å². The molecule has 2 rings (SSSR count). The first-order valence-electron chi connectivity index (χ1n) is 6.95. The van der Waals surface area contributed by atoms with Gasteiger partial charge in [-0.3, -0.25) is 14.9 Å². The molecule has 0 spiro atoms. The molecule has 1 aliphatic heterocycles. The highest BCUT2D eigenvalue weighted by Crippen LogP contribution is 2.28. The van der Waals surface area contributed by atoms with Gasteiger partial charge in [-0.1, -0.05) is 11.6 Å². The number of hydrogen-bond donors (Lipinski definition) is 1. The molecule has 1 N–H and O–H groups in total. The van der Waals surface area contributed by atoms with Gasteiger partial charge in [0.25, 0.3) is 11.6 Å². The lowest BCUT2D eigenvalue weighted by atomic mass is 10.0. The van der Waals surface area contributed by atoms with E-state index in [9.17, 15) is 19.7 Å². The van der Waals surface area contributed by atoms with E-state index in [-0.39, 0.29) is 53.4 Å². The molecule has 1 fully saturated rings. The number of nitro benzene ring substituents is 1. The zero-order chi connectivity index (χ0) is 17.3. The Bertz CT molecular complexity index is 679. The normalized spacial score (nSPS) is 18.0. The van der Waals surface area contributed by atoms with Crippen molar-refractivity contribution in [3.8, 4) is 0 Å². The number of amides is 2. The molecule has 1 saturated heterocycles. The van der Waals surface area contributed by atoms with Gasteiger partial charge in [-0.2, -0.15) is 0 Å². The minimum atomic E-state index is -1.03. The van der Waals surface area contributed by atoms with E-state index in [1.54, 1.807) is 6.92 Å². The first-order chi connectivity index (χ1) is 10.7. The summed E-state index contributed by atoms with van der Waals surface area (Å²) in [5, 5.41) is 20.2. The lowest BCUT2D eigenvalue weighted by molar-refractivity contribution is -0.385. The molecule has 0 saturated carbocycles. The fourth-order valence-corrected chi connectivity index (χ4v) is 2.89. The third-order valence-electron chi connectivity index (χ3n) is 3.93. The summed E-state index contributed by atoms with van der Waals surface area (Å²) < 4.78 is 0. The van der Waals surface area contributed by atoms with E-state index in [1.807, 2.05) is 0 Å². The number of benzene rings is 1. The van der Waals surface area contributed by atoms with E-state index in [0.717, 1.165) is 0 Å². The van der Waals surface area contributed by atoms with Crippen molar-refractivity contribution < 1.29 is 19.6 Å². The van der Waals surface area contributed by atoms with E-state index < -0.39 is 11.0 Å². The molecule has 23 heavy (non-hydrogen) atoms. The van der Waals surface area contributed by atoms with Crippen molar-refractivity contribution in [1.82, 2.24) is 9.80 Å². The summed E-state index contributed by atoms with van der Waals surface area (Å²) in [7, 11) is 0. The van der Waals surface area contributed by atoms with Crippen molar-refractivity contribution in [1.29, 1.82) is 0 Å². The lowest BCUT2D eigenvalue weighted by Crippen LogP contribution is -2.55. The minimum absolute atomic E-state index is 0.114. The van der Waals surface area contributed by atoms with Crippen LogP contribution in [0.25, 0.3) is 0 Å². The number of halogens is 1. The molecule has 1 aromatic rings. The predicted octanol–water partition coefficient (Wildman–Crippen LogP) is 2.38. The Labute approximate surface area is 137 Å². The van der Waals surface area contributed by atoms with Crippen molar-refractivity contribution in [3.05, 3.63) is 38.4 Å². The van der Waals surface area contributed by atoms with Crippen LogP contribution in [0.3, 0.4) is 0 Å². The third kappa shape index (κ3) is 3.37. The maximum atomic E-state index is 12.6. The second-order valence-electron chi connectivity index (χ2n) is 5.43. The van der Waals surface area contributed by atoms with Crippen molar-refractivity contribution >= 4 is 29.3 Å². The van der Waals surface area contributed by atoms with Gasteiger partial charge in [0.1, 0.15) is 0 Å². The Morgan fingerprint density at radius 3 is 2.57 bits per heavy atom. The first-order valence-corrected chi connectivity index (χ1v) is 7.33. The van der Waals surface area contributed by atoms with Crippen LogP contribution in [-0.2, 0) is 0 Å². The number of hydrogen-bond acceptors (Lipinski definition) is 4. The third-order valence-corrected chi connectivity index (χ3v) is 4.15. The zero-order valence-electron chi connectivity index (χ0n) is 12.7. The van der Waals surface area contributed by atoms with Gasteiger partial charge in [-0.25, -0.2) is 4.79 Å². The van der Waals surface area contributed by atoms with E-state index in [0.29, 0.717) is 0 Å². The van der Waals surface area contributed by atoms with Crippen LogP contribution in [0.5, 0.6) is 0 Å². The Kier molecular flexibility index (Phi) is 4.74. The highest BCUT2D eigenvalue weighted by atomic mass is 35.5. The summed E-state index contributed by atoms with van der Waals surface area (Å²) in [5.74, 6) is -0.384. The number of nitro groups is 1. The van der Waals surface area contributed by atoms with Gasteiger partial charge in [0.2, 0.25) is 0 Å². The molecular formula is C14H16ClN3O5. The molecule has 0 aromatic heterocycles. The quantitative estimate of drug-likeness (QED) is 0.657. The van der Waals surface area contributed by atoms with Gasteiger partial charge in [0, 0.05) is 42.3 Å². The number of carboxylic acid groups (broad SMARTS) is 1. The second kappa shape index (κ2) is 6.41. The minimum Gasteiger partial charge on any atom is -0.465 e.